The van der Waals surface area contributed by atoms with Crippen LogP contribution in [0.2, 0.25) is 0 Å². The van der Waals surface area contributed by atoms with Gasteiger partial charge in [-0.25, -0.2) is 0 Å². The van der Waals surface area contributed by atoms with Crippen LogP contribution in [-0.4, -0.2) is 22.8 Å². The van der Waals surface area contributed by atoms with E-state index in [2.05, 4.69) is 48.3 Å². The molecule has 1 unspecified atom stereocenters. The molecule has 1 N–H and O–H groups in total. The van der Waals surface area contributed by atoms with Gasteiger partial charge in [-0.3, -0.25) is 4.98 Å². The maximum Gasteiger partial charge on any atom is 0.137 e. The Kier molecular flexibility index (Phi) is 8.91. The predicted molar refractivity (Wildman–Crippen MR) is 108 cm³/mol. The normalized spacial score (nSPS) is 12.4. The average molecular weight is 354 g/mol. The number of rotatable bonds is 11. The molecule has 0 bridgehead atoms. The minimum atomic E-state index is -0.254. The van der Waals surface area contributed by atoms with Gasteiger partial charge in [0.2, 0.25) is 0 Å². The molecule has 0 aliphatic carbocycles. The van der Waals surface area contributed by atoms with E-state index in [1.54, 1.807) is 6.20 Å². The van der Waals surface area contributed by atoms with Gasteiger partial charge < -0.3 is 9.84 Å². The average Bonchev–Trinajstić information content (AvgIpc) is 2.66. The third kappa shape index (κ3) is 7.40. The highest BCUT2D eigenvalue weighted by atomic mass is 16.5. The first kappa shape index (κ1) is 20.2. The monoisotopic (exact) mass is 353 g/mol. The molecule has 1 heterocycles. The largest absolute Gasteiger partial charge is 0.492 e. The first-order chi connectivity index (χ1) is 12.7. The van der Waals surface area contributed by atoms with Crippen LogP contribution in [-0.2, 0) is 6.42 Å². The molecular formula is C23H31NO2. The Labute approximate surface area is 157 Å². The second-order valence-electron chi connectivity index (χ2n) is 6.71. The van der Waals surface area contributed by atoms with Gasteiger partial charge in [0.25, 0.3) is 0 Å². The minimum Gasteiger partial charge on any atom is -0.492 e. The van der Waals surface area contributed by atoms with E-state index < -0.39 is 0 Å². The van der Waals surface area contributed by atoms with E-state index >= 15 is 0 Å². The van der Waals surface area contributed by atoms with Crippen molar-refractivity contribution in [2.24, 2.45) is 0 Å². The summed E-state index contributed by atoms with van der Waals surface area (Å²) in [4.78, 5) is 4.51. The highest BCUT2D eigenvalue weighted by Crippen LogP contribution is 2.20. The van der Waals surface area contributed by atoms with Crippen molar-refractivity contribution in [2.45, 2.75) is 58.5 Å². The van der Waals surface area contributed by atoms with Gasteiger partial charge in [-0.1, -0.05) is 56.2 Å². The molecule has 0 saturated carbocycles. The molecule has 1 aromatic heterocycles. The number of hydrogen-bond donors (Lipinski definition) is 1. The van der Waals surface area contributed by atoms with Crippen LogP contribution in [0.4, 0.5) is 0 Å². The molecule has 0 spiro atoms. The molecule has 3 nitrogen and oxygen atoms in total. The number of ether oxygens (including phenoxy) is 1. The Morgan fingerprint density at radius 2 is 1.85 bits per heavy atom. The van der Waals surface area contributed by atoms with Gasteiger partial charge in [-0.2, -0.15) is 0 Å². The fraction of sp³-hybridized carbons (Fsp3) is 0.435. The molecule has 0 fully saturated rings. The lowest BCUT2D eigenvalue weighted by Gasteiger charge is -2.07. The van der Waals surface area contributed by atoms with Crippen LogP contribution in [0.5, 0.6) is 5.75 Å². The molecular weight excluding hydrogens is 322 g/mol. The highest BCUT2D eigenvalue weighted by Gasteiger charge is 2.02. The summed E-state index contributed by atoms with van der Waals surface area (Å²) in [6.07, 6.45) is 12.2. The van der Waals surface area contributed by atoms with Crippen LogP contribution >= 0.6 is 0 Å². The first-order valence-electron chi connectivity index (χ1n) is 9.70. The zero-order valence-corrected chi connectivity index (χ0v) is 16.0. The van der Waals surface area contributed by atoms with Gasteiger partial charge in [-0.05, 0) is 50.3 Å². The summed E-state index contributed by atoms with van der Waals surface area (Å²) in [7, 11) is 0. The number of aromatic nitrogens is 1. The Morgan fingerprint density at radius 1 is 1.08 bits per heavy atom. The highest BCUT2D eigenvalue weighted by molar-refractivity contribution is 5.59. The summed E-state index contributed by atoms with van der Waals surface area (Å²) in [6, 6.07) is 12.4. The van der Waals surface area contributed by atoms with Crippen LogP contribution in [0.3, 0.4) is 0 Å². The van der Waals surface area contributed by atoms with Crippen LogP contribution in [0.25, 0.3) is 11.3 Å². The number of aliphatic hydroxyl groups excluding tert-OH is 1. The topological polar surface area (TPSA) is 42.4 Å². The van der Waals surface area contributed by atoms with Crippen LogP contribution < -0.4 is 4.74 Å². The first-order valence-corrected chi connectivity index (χ1v) is 9.70. The van der Waals surface area contributed by atoms with Gasteiger partial charge in [0.05, 0.1) is 24.6 Å². The quantitative estimate of drug-likeness (QED) is 0.424. The van der Waals surface area contributed by atoms with Crippen LogP contribution in [0.1, 0.15) is 51.5 Å². The van der Waals surface area contributed by atoms with Crippen molar-refractivity contribution in [1.82, 2.24) is 4.98 Å². The van der Waals surface area contributed by atoms with Gasteiger partial charge >= 0.3 is 0 Å². The molecule has 3 heteroatoms. The van der Waals surface area contributed by atoms with Crippen molar-refractivity contribution in [3.05, 3.63) is 60.3 Å². The van der Waals surface area contributed by atoms with E-state index in [1.165, 1.54) is 18.4 Å². The Balaban J connectivity index is 1.80. The number of unbranched alkanes of at least 4 members (excludes halogenated alkanes) is 2. The predicted octanol–water partition coefficient (Wildman–Crippen LogP) is 5.58. The van der Waals surface area contributed by atoms with E-state index in [0.29, 0.717) is 6.61 Å². The van der Waals surface area contributed by atoms with Gasteiger partial charge in [-0.15, -0.1) is 0 Å². The van der Waals surface area contributed by atoms with Crippen LogP contribution in [0, 0.1) is 0 Å². The minimum absolute atomic E-state index is 0.254. The van der Waals surface area contributed by atoms with Crippen molar-refractivity contribution in [1.29, 1.82) is 0 Å². The number of benzene rings is 1. The molecule has 0 aliphatic rings. The number of nitrogens with zero attached hydrogens (tertiary/aromatic N) is 1. The second-order valence-corrected chi connectivity index (χ2v) is 6.71. The van der Waals surface area contributed by atoms with E-state index in [9.17, 15) is 5.11 Å². The summed E-state index contributed by atoms with van der Waals surface area (Å²) in [5, 5.41) is 9.37. The van der Waals surface area contributed by atoms with E-state index in [4.69, 9.17) is 4.74 Å². The third-order valence-electron chi connectivity index (χ3n) is 4.28. The van der Waals surface area contributed by atoms with Crippen LogP contribution in [0.15, 0.2) is 54.7 Å². The number of pyridine rings is 1. The number of aliphatic hydroxyl groups is 1. The summed E-state index contributed by atoms with van der Waals surface area (Å²) in [5.74, 6) is 0.810. The zero-order chi connectivity index (χ0) is 18.6. The summed E-state index contributed by atoms with van der Waals surface area (Å²) in [5.41, 5.74) is 3.27. The molecule has 26 heavy (non-hydrogen) atoms. The van der Waals surface area contributed by atoms with Crippen molar-refractivity contribution in [2.75, 3.05) is 6.61 Å². The Morgan fingerprint density at radius 3 is 2.50 bits per heavy atom. The molecule has 2 rings (SSSR count). The van der Waals surface area contributed by atoms with Gasteiger partial charge in [0.1, 0.15) is 5.75 Å². The van der Waals surface area contributed by atoms with E-state index in [1.807, 2.05) is 19.1 Å². The lowest BCUT2D eigenvalue weighted by Crippen LogP contribution is -2.01. The zero-order valence-electron chi connectivity index (χ0n) is 16.0. The van der Waals surface area contributed by atoms with E-state index in [0.717, 1.165) is 42.7 Å². The Bertz CT molecular complexity index is 645. The number of aryl methyl sites for hydroxylation is 1. The van der Waals surface area contributed by atoms with Gasteiger partial charge in [0, 0.05) is 5.56 Å². The SMILES string of the molecule is CCCC/C=C\CCOc1ccc(-c2ccc(CCC(C)O)cc2)nc1. The standard InChI is InChI=1S/C23H31NO2/c1-3-4-5-6-7-8-17-26-22-15-16-23(24-18-22)21-13-11-20(12-14-21)10-9-19(2)25/h6-7,11-16,18-19,25H,3-5,8-10,17H2,1-2H3/b7-6-. The number of hydrogen-bond acceptors (Lipinski definition) is 3. The fourth-order valence-electron chi connectivity index (χ4n) is 2.66. The van der Waals surface area contributed by atoms with Crippen molar-refractivity contribution >= 4 is 0 Å². The molecule has 0 saturated heterocycles. The summed E-state index contributed by atoms with van der Waals surface area (Å²) >= 11 is 0. The second kappa shape index (κ2) is 11.5. The molecule has 1 aromatic carbocycles. The summed E-state index contributed by atoms with van der Waals surface area (Å²) < 4.78 is 5.74. The third-order valence-corrected chi connectivity index (χ3v) is 4.28. The summed E-state index contributed by atoms with van der Waals surface area (Å²) in [6.45, 7) is 4.71. The molecule has 1 atom stereocenters. The van der Waals surface area contributed by atoms with Crippen molar-refractivity contribution in [3.63, 3.8) is 0 Å². The number of allylic oxidation sites excluding steroid dienone is 1. The molecule has 140 valence electrons. The van der Waals surface area contributed by atoms with Crippen molar-refractivity contribution in [3.8, 4) is 17.0 Å². The Hall–Kier alpha value is -2.13. The smallest absolute Gasteiger partial charge is 0.137 e. The maximum atomic E-state index is 9.37. The van der Waals surface area contributed by atoms with E-state index in [-0.39, 0.29) is 6.10 Å². The maximum absolute atomic E-state index is 9.37. The lowest BCUT2D eigenvalue weighted by atomic mass is 10.0. The molecule has 0 amide bonds. The van der Waals surface area contributed by atoms with Gasteiger partial charge in [0.15, 0.2) is 0 Å². The molecule has 0 aliphatic heterocycles. The lowest BCUT2D eigenvalue weighted by molar-refractivity contribution is 0.185. The molecule has 2 aromatic rings. The molecule has 0 radical (unpaired) electrons. The van der Waals surface area contributed by atoms with Crippen molar-refractivity contribution < 1.29 is 9.84 Å². The fourth-order valence-corrected chi connectivity index (χ4v) is 2.66.